The third kappa shape index (κ3) is 3.79. The molecule has 3 heteroatoms. The molecule has 0 saturated carbocycles. The summed E-state index contributed by atoms with van der Waals surface area (Å²) in [5.41, 5.74) is 0.246. The maximum Gasteiger partial charge on any atom is 0.0701 e. The zero-order valence-corrected chi connectivity index (χ0v) is 10.8. The van der Waals surface area contributed by atoms with Crippen LogP contribution in [0, 0.1) is 0 Å². The topological polar surface area (TPSA) is 12.0 Å². The highest BCUT2D eigenvalue weighted by atomic mass is 79.9. The first kappa shape index (κ1) is 11.2. The van der Waals surface area contributed by atoms with Gasteiger partial charge in [-0.25, -0.2) is 0 Å². The van der Waals surface area contributed by atoms with Gasteiger partial charge in [-0.05, 0) is 48.3 Å². The van der Waals surface area contributed by atoms with Crippen molar-refractivity contribution in [2.45, 2.75) is 39.3 Å². The van der Waals surface area contributed by atoms with Crippen molar-refractivity contribution in [1.82, 2.24) is 5.32 Å². The minimum atomic E-state index is 0.246. The largest absolute Gasteiger partial charge is 0.307 e. The minimum absolute atomic E-state index is 0.246. The predicted octanol–water partition coefficient (Wildman–Crippen LogP) is 3.79. The van der Waals surface area contributed by atoms with Crippen LogP contribution in [0.1, 0.15) is 32.1 Å². The molecular weight excluding hydrogens is 246 g/mol. The van der Waals surface area contributed by atoms with Gasteiger partial charge in [0.2, 0.25) is 0 Å². The average Bonchev–Trinajstić information content (AvgIpc) is 2.48. The van der Waals surface area contributed by atoms with E-state index in [4.69, 9.17) is 0 Å². The van der Waals surface area contributed by atoms with Gasteiger partial charge in [0.15, 0.2) is 0 Å². The Morgan fingerprint density at radius 3 is 2.62 bits per heavy atom. The van der Waals surface area contributed by atoms with E-state index in [9.17, 15) is 0 Å². The van der Waals surface area contributed by atoms with Gasteiger partial charge in [0.1, 0.15) is 0 Å². The number of rotatable bonds is 4. The van der Waals surface area contributed by atoms with Gasteiger partial charge in [0, 0.05) is 17.0 Å². The average molecular weight is 262 g/mol. The van der Waals surface area contributed by atoms with Gasteiger partial charge >= 0.3 is 0 Å². The van der Waals surface area contributed by atoms with Gasteiger partial charge in [-0.15, -0.1) is 11.3 Å². The molecule has 13 heavy (non-hydrogen) atoms. The molecule has 1 aromatic heterocycles. The van der Waals surface area contributed by atoms with Crippen LogP contribution < -0.4 is 5.32 Å². The van der Waals surface area contributed by atoms with E-state index in [0.717, 1.165) is 13.0 Å². The SMILES string of the molecule is CCC(C)(C)NCc1ccc(Br)s1. The third-order valence-corrected chi connectivity index (χ3v) is 3.88. The molecule has 0 atom stereocenters. The van der Waals surface area contributed by atoms with Crippen LogP contribution in [0.5, 0.6) is 0 Å². The Morgan fingerprint density at radius 1 is 1.46 bits per heavy atom. The van der Waals surface area contributed by atoms with Crippen LogP contribution in [0.15, 0.2) is 15.9 Å². The second-order valence-corrected chi connectivity index (χ2v) is 6.34. The van der Waals surface area contributed by atoms with E-state index in [1.807, 2.05) is 0 Å². The van der Waals surface area contributed by atoms with E-state index in [1.54, 1.807) is 11.3 Å². The molecular formula is C10H16BrNS. The fourth-order valence-electron chi connectivity index (χ4n) is 0.898. The van der Waals surface area contributed by atoms with Crippen molar-refractivity contribution in [1.29, 1.82) is 0 Å². The lowest BCUT2D eigenvalue weighted by molar-refractivity contribution is 0.376. The molecule has 0 saturated heterocycles. The number of hydrogen-bond donors (Lipinski definition) is 1. The van der Waals surface area contributed by atoms with E-state index < -0.39 is 0 Å². The third-order valence-electron chi connectivity index (χ3n) is 2.25. The highest BCUT2D eigenvalue weighted by Gasteiger charge is 2.13. The Bertz CT molecular complexity index is 268. The van der Waals surface area contributed by atoms with E-state index in [-0.39, 0.29) is 5.54 Å². The summed E-state index contributed by atoms with van der Waals surface area (Å²) in [5, 5.41) is 3.53. The number of thiophene rings is 1. The molecule has 0 fully saturated rings. The van der Waals surface area contributed by atoms with Gasteiger partial charge in [-0.2, -0.15) is 0 Å². The summed E-state index contributed by atoms with van der Waals surface area (Å²) in [5.74, 6) is 0. The molecule has 1 N–H and O–H groups in total. The van der Waals surface area contributed by atoms with E-state index in [0.29, 0.717) is 0 Å². The van der Waals surface area contributed by atoms with E-state index >= 15 is 0 Å². The minimum Gasteiger partial charge on any atom is -0.307 e. The van der Waals surface area contributed by atoms with E-state index in [1.165, 1.54) is 8.66 Å². The summed E-state index contributed by atoms with van der Waals surface area (Å²) in [6, 6.07) is 4.26. The molecule has 0 unspecified atom stereocenters. The van der Waals surface area contributed by atoms with Crippen molar-refractivity contribution >= 4 is 27.3 Å². The first-order chi connectivity index (χ1) is 6.03. The maximum atomic E-state index is 3.53. The molecule has 1 aromatic rings. The van der Waals surface area contributed by atoms with Crippen LogP contribution in [0.2, 0.25) is 0 Å². The Hall–Kier alpha value is 0.140. The van der Waals surface area contributed by atoms with Crippen LogP contribution in [0.3, 0.4) is 0 Å². The molecule has 0 aliphatic carbocycles. The first-order valence-electron chi connectivity index (χ1n) is 4.53. The van der Waals surface area contributed by atoms with Crippen molar-refractivity contribution in [3.8, 4) is 0 Å². The zero-order chi connectivity index (χ0) is 9.90. The smallest absolute Gasteiger partial charge is 0.0701 e. The number of hydrogen-bond acceptors (Lipinski definition) is 2. The fraction of sp³-hybridized carbons (Fsp3) is 0.600. The van der Waals surface area contributed by atoms with Crippen LogP contribution in [-0.2, 0) is 6.54 Å². The Morgan fingerprint density at radius 2 is 2.15 bits per heavy atom. The molecule has 0 aliphatic rings. The Kier molecular flexibility index (Phi) is 3.95. The summed E-state index contributed by atoms with van der Waals surface area (Å²) in [7, 11) is 0. The monoisotopic (exact) mass is 261 g/mol. The van der Waals surface area contributed by atoms with Crippen LogP contribution in [0.4, 0.5) is 0 Å². The van der Waals surface area contributed by atoms with Crippen molar-refractivity contribution in [2.24, 2.45) is 0 Å². The molecule has 0 aliphatic heterocycles. The van der Waals surface area contributed by atoms with E-state index in [2.05, 4.69) is 54.2 Å². The van der Waals surface area contributed by atoms with Gasteiger partial charge in [-0.1, -0.05) is 6.92 Å². The fourth-order valence-corrected chi connectivity index (χ4v) is 2.32. The number of halogens is 1. The first-order valence-corrected chi connectivity index (χ1v) is 6.14. The molecule has 0 bridgehead atoms. The molecule has 0 aromatic carbocycles. The van der Waals surface area contributed by atoms with Crippen molar-refractivity contribution < 1.29 is 0 Å². The van der Waals surface area contributed by atoms with Crippen molar-refractivity contribution in [3.05, 3.63) is 20.8 Å². The lowest BCUT2D eigenvalue weighted by atomic mass is 10.0. The lowest BCUT2D eigenvalue weighted by Gasteiger charge is -2.24. The maximum absolute atomic E-state index is 3.53. The Balaban J connectivity index is 2.43. The highest BCUT2D eigenvalue weighted by Crippen LogP contribution is 2.22. The zero-order valence-electron chi connectivity index (χ0n) is 8.36. The molecule has 0 radical (unpaired) electrons. The standard InChI is InChI=1S/C10H16BrNS/c1-4-10(2,3)12-7-8-5-6-9(11)13-8/h5-6,12H,4,7H2,1-3H3. The van der Waals surface area contributed by atoms with Crippen LogP contribution >= 0.6 is 27.3 Å². The normalized spacial score (nSPS) is 12.0. The van der Waals surface area contributed by atoms with Gasteiger partial charge in [-0.3, -0.25) is 0 Å². The molecule has 1 nitrogen and oxygen atoms in total. The van der Waals surface area contributed by atoms with Gasteiger partial charge in [0.25, 0.3) is 0 Å². The summed E-state index contributed by atoms with van der Waals surface area (Å²) >= 11 is 5.25. The van der Waals surface area contributed by atoms with Crippen LogP contribution in [0.25, 0.3) is 0 Å². The second kappa shape index (κ2) is 4.58. The summed E-state index contributed by atoms with van der Waals surface area (Å²) in [6.45, 7) is 7.64. The summed E-state index contributed by atoms with van der Waals surface area (Å²) in [4.78, 5) is 1.38. The lowest BCUT2D eigenvalue weighted by Crippen LogP contribution is -2.37. The summed E-state index contributed by atoms with van der Waals surface area (Å²) < 4.78 is 1.21. The van der Waals surface area contributed by atoms with Crippen LogP contribution in [-0.4, -0.2) is 5.54 Å². The van der Waals surface area contributed by atoms with Crippen molar-refractivity contribution in [2.75, 3.05) is 0 Å². The molecule has 0 spiro atoms. The number of nitrogens with one attached hydrogen (secondary N) is 1. The molecule has 1 heterocycles. The Labute approximate surface area is 92.7 Å². The molecule has 0 amide bonds. The predicted molar refractivity (Wildman–Crippen MR) is 63.2 cm³/mol. The van der Waals surface area contributed by atoms with Gasteiger partial charge < -0.3 is 5.32 Å². The summed E-state index contributed by atoms with van der Waals surface area (Å²) in [6.07, 6.45) is 1.15. The highest BCUT2D eigenvalue weighted by molar-refractivity contribution is 9.11. The molecule has 1 rings (SSSR count). The van der Waals surface area contributed by atoms with Crippen molar-refractivity contribution in [3.63, 3.8) is 0 Å². The molecule has 74 valence electrons. The van der Waals surface area contributed by atoms with Gasteiger partial charge in [0.05, 0.1) is 3.79 Å². The second-order valence-electron chi connectivity index (χ2n) is 3.80. The quantitative estimate of drug-likeness (QED) is 0.870.